The first-order valence-electron chi connectivity index (χ1n) is 9.95. The van der Waals surface area contributed by atoms with Gasteiger partial charge in [-0.05, 0) is 48.0 Å². The van der Waals surface area contributed by atoms with E-state index in [-0.39, 0.29) is 5.91 Å². The molecule has 1 amide bonds. The fourth-order valence-corrected chi connectivity index (χ4v) is 4.18. The molecule has 4 nitrogen and oxygen atoms in total. The molecule has 0 bridgehead atoms. The predicted octanol–water partition coefficient (Wildman–Crippen LogP) is 5.57. The first-order valence-corrected chi connectivity index (χ1v) is 10.7. The molecule has 0 aliphatic carbocycles. The van der Waals surface area contributed by atoms with Gasteiger partial charge in [-0.1, -0.05) is 53.5 Å². The number of anilines is 2. The van der Waals surface area contributed by atoms with Gasteiger partial charge in [-0.25, -0.2) is 0 Å². The van der Waals surface area contributed by atoms with Crippen molar-refractivity contribution in [1.82, 2.24) is 4.90 Å². The largest absolute Gasteiger partial charge is 0.369 e. The monoisotopic (exact) mass is 439 g/mol. The van der Waals surface area contributed by atoms with Crippen molar-refractivity contribution in [3.05, 3.63) is 94.0 Å². The van der Waals surface area contributed by atoms with Crippen LogP contribution in [0.2, 0.25) is 10.0 Å². The smallest absolute Gasteiger partial charge is 0.255 e. The van der Waals surface area contributed by atoms with E-state index in [1.54, 1.807) is 18.2 Å². The third kappa shape index (κ3) is 5.33. The quantitative estimate of drug-likeness (QED) is 0.564. The summed E-state index contributed by atoms with van der Waals surface area (Å²) in [5.74, 6) is -0.184. The Labute approximate surface area is 187 Å². The number of amides is 1. The second kappa shape index (κ2) is 9.52. The maximum Gasteiger partial charge on any atom is 0.255 e. The van der Waals surface area contributed by atoms with Gasteiger partial charge in [0.15, 0.2) is 0 Å². The maximum absolute atomic E-state index is 12.5. The summed E-state index contributed by atoms with van der Waals surface area (Å²) in [6.07, 6.45) is 0. The van der Waals surface area contributed by atoms with Crippen molar-refractivity contribution in [1.29, 1.82) is 0 Å². The SMILES string of the molecule is O=C(Nc1cc(Cl)cc(Cl)c1)c1ccc(CN2CCN(c3ccccc3)CC2)cc1. The molecule has 6 heteroatoms. The average Bonchev–Trinajstić information content (AvgIpc) is 2.75. The number of nitrogens with one attached hydrogen (secondary N) is 1. The fraction of sp³-hybridized carbons (Fsp3) is 0.208. The first kappa shape index (κ1) is 20.7. The third-order valence-electron chi connectivity index (χ3n) is 5.24. The van der Waals surface area contributed by atoms with E-state index >= 15 is 0 Å². The van der Waals surface area contributed by atoms with Crippen LogP contribution in [0, 0.1) is 0 Å². The minimum Gasteiger partial charge on any atom is -0.369 e. The van der Waals surface area contributed by atoms with Crippen LogP contribution in [0.5, 0.6) is 0 Å². The molecule has 4 rings (SSSR count). The van der Waals surface area contributed by atoms with Gasteiger partial charge < -0.3 is 10.2 Å². The molecule has 0 atom stereocenters. The molecule has 0 saturated carbocycles. The van der Waals surface area contributed by atoms with Crippen LogP contribution in [0.4, 0.5) is 11.4 Å². The topological polar surface area (TPSA) is 35.6 Å². The zero-order valence-corrected chi connectivity index (χ0v) is 18.0. The predicted molar refractivity (Wildman–Crippen MR) is 125 cm³/mol. The number of halogens is 2. The van der Waals surface area contributed by atoms with Gasteiger partial charge >= 0.3 is 0 Å². The summed E-state index contributed by atoms with van der Waals surface area (Å²) in [5, 5.41) is 3.81. The molecule has 3 aromatic rings. The Balaban J connectivity index is 1.31. The number of para-hydroxylation sites is 1. The van der Waals surface area contributed by atoms with E-state index in [0.29, 0.717) is 21.3 Å². The molecule has 1 aliphatic rings. The van der Waals surface area contributed by atoms with Crippen molar-refractivity contribution in [3.8, 4) is 0 Å². The number of carbonyl (C=O) groups excluding carboxylic acids is 1. The normalized spacial score (nSPS) is 14.5. The van der Waals surface area contributed by atoms with E-state index in [2.05, 4.69) is 39.4 Å². The van der Waals surface area contributed by atoms with Crippen LogP contribution in [-0.2, 0) is 6.54 Å². The Morgan fingerprint density at radius 2 is 1.47 bits per heavy atom. The molecular weight excluding hydrogens is 417 g/mol. The highest BCUT2D eigenvalue weighted by Crippen LogP contribution is 2.23. The zero-order valence-electron chi connectivity index (χ0n) is 16.5. The summed E-state index contributed by atoms with van der Waals surface area (Å²) in [4.78, 5) is 17.4. The molecule has 1 aliphatic heterocycles. The Kier molecular flexibility index (Phi) is 6.58. The van der Waals surface area contributed by atoms with Crippen molar-refractivity contribution < 1.29 is 4.79 Å². The number of hydrogen-bond donors (Lipinski definition) is 1. The van der Waals surface area contributed by atoms with Crippen molar-refractivity contribution in [2.45, 2.75) is 6.54 Å². The lowest BCUT2D eigenvalue weighted by molar-refractivity contribution is 0.102. The van der Waals surface area contributed by atoms with Gasteiger partial charge in [-0.3, -0.25) is 9.69 Å². The van der Waals surface area contributed by atoms with Crippen LogP contribution in [0.3, 0.4) is 0 Å². The first-order chi connectivity index (χ1) is 14.6. The van der Waals surface area contributed by atoms with Crippen molar-refractivity contribution in [2.75, 3.05) is 36.4 Å². The highest BCUT2D eigenvalue weighted by Gasteiger charge is 2.17. The molecule has 0 unspecified atom stereocenters. The van der Waals surface area contributed by atoms with Gasteiger partial charge in [0.2, 0.25) is 0 Å². The van der Waals surface area contributed by atoms with E-state index in [1.807, 2.05) is 30.3 Å². The molecule has 0 radical (unpaired) electrons. The van der Waals surface area contributed by atoms with Gasteiger partial charge in [0.1, 0.15) is 0 Å². The Morgan fingerprint density at radius 3 is 2.10 bits per heavy atom. The minimum atomic E-state index is -0.184. The van der Waals surface area contributed by atoms with Gasteiger partial charge in [0.25, 0.3) is 5.91 Å². The molecule has 0 spiro atoms. The Hall–Kier alpha value is -2.53. The maximum atomic E-state index is 12.5. The molecule has 1 heterocycles. The minimum absolute atomic E-state index is 0.184. The summed E-state index contributed by atoms with van der Waals surface area (Å²) in [5.41, 5.74) is 3.67. The number of piperazine rings is 1. The number of benzene rings is 3. The van der Waals surface area contributed by atoms with Crippen LogP contribution in [0.15, 0.2) is 72.8 Å². The number of hydrogen-bond acceptors (Lipinski definition) is 3. The lowest BCUT2D eigenvalue weighted by atomic mass is 10.1. The lowest BCUT2D eigenvalue weighted by Crippen LogP contribution is -2.45. The zero-order chi connectivity index (χ0) is 20.9. The summed E-state index contributed by atoms with van der Waals surface area (Å²) in [6.45, 7) is 4.97. The van der Waals surface area contributed by atoms with Crippen molar-refractivity contribution in [3.63, 3.8) is 0 Å². The van der Waals surface area contributed by atoms with Crippen molar-refractivity contribution in [2.24, 2.45) is 0 Å². The Morgan fingerprint density at radius 1 is 0.833 bits per heavy atom. The average molecular weight is 440 g/mol. The number of rotatable bonds is 5. The molecule has 3 aromatic carbocycles. The highest BCUT2D eigenvalue weighted by atomic mass is 35.5. The summed E-state index contributed by atoms with van der Waals surface area (Å²) in [6, 6.07) is 23.3. The molecule has 0 aromatic heterocycles. The highest BCUT2D eigenvalue weighted by molar-refractivity contribution is 6.35. The summed E-state index contributed by atoms with van der Waals surface area (Å²) >= 11 is 12.0. The molecule has 1 fully saturated rings. The summed E-state index contributed by atoms with van der Waals surface area (Å²) in [7, 11) is 0. The van der Waals surface area contributed by atoms with Crippen LogP contribution < -0.4 is 10.2 Å². The van der Waals surface area contributed by atoms with Gasteiger partial charge in [0.05, 0.1) is 0 Å². The van der Waals surface area contributed by atoms with Crippen LogP contribution in [0.25, 0.3) is 0 Å². The summed E-state index contributed by atoms with van der Waals surface area (Å²) < 4.78 is 0. The number of carbonyl (C=O) groups is 1. The Bertz CT molecular complexity index is 980. The van der Waals surface area contributed by atoms with E-state index in [4.69, 9.17) is 23.2 Å². The van der Waals surface area contributed by atoms with Crippen LogP contribution >= 0.6 is 23.2 Å². The lowest BCUT2D eigenvalue weighted by Gasteiger charge is -2.36. The van der Waals surface area contributed by atoms with Crippen LogP contribution in [0.1, 0.15) is 15.9 Å². The van der Waals surface area contributed by atoms with Gasteiger partial charge in [-0.2, -0.15) is 0 Å². The van der Waals surface area contributed by atoms with Crippen LogP contribution in [-0.4, -0.2) is 37.0 Å². The number of nitrogens with zero attached hydrogens (tertiary/aromatic N) is 2. The van der Waals surface area contributed by atoms with E-state index in [0.717, 1.165) is 32.7 Å². The van der Waals surface area contributed by atoms with Gasteiger partial charge in [-0.15, -0.1) is 0 Å². The standard InChI is InChI=1S/C24H23Cl2N3O/c25-20-14-21(26)16-22(15-20)27-24(30)19-8-6-18(7-9-19)17-28-10-12-29(13-11-28)23-4-2-1-3-5-23/h1-9,14-16H,10-13,17H2,(H,27,30). The fourth-order valence-electron chi connectivity index (χ4n) is 3.65. The molecule has 1 N–H and O–H groups in total. The van der Waals surface area contributed by atoms with E-state index < -0.39 is 0 Å². The van der Waals surface area contributed by atoms with Gasteiger partial charge in [0, 0.05) is 59.7 Å². The van der Waals surface area contributed by atoms with Crippen molar-refractivity contribution >= 4 is 40.5 Å². The molecule has 30 heavy (non-hydrogen) atoms. The third-order valence-corrected chi connectivity index (χ3v) is 5.67. The van der Waals surface area contributed by atoms with E-state index in [1.165, 1.54) is 11.3 Å². The molecule has 1 saturated heterocycles. The molecular formula is C24H23Cl2N3O. The second-order valence-electron chi connectivity index (χ2n) is 7.41. The molecule has 154 valence electrons. The second-order valence-corrected chi connectivity index (χ2v) is 8.28. The van der Waals surface area contributed by atoms with E-state index in [9.17, 15) is 4.79 Å².